The fourth-order valence-corrected chi connectivity index (χ4v) is 5.56. The molecule has 112 valence electrons. The second-order valence-corrected chi connectivity index (χ2v) is 7.79. The lowest BCUT2D eigenvalue weighted by Gasteiger charge is -2.34. The summed E-state index contributed by atoms with van der Waals surface area (Å²) in [6, 6.07) is -0.0255. The molecule has 1 aliphatic rings. The van der Waals surface area contributed by atoms with Crippen LogP contribution in [0.5, 0.6) is 0 Å². The summed E-state index contributed by atoms with van der Waals surface area (Å²) in [7, 11) is -3.76. The third-order valence-electron chi connectivity index (χ3n) is 3.48. The fraction of sp³-hybridized carbons (Fsp3) is 0.667. The van der Waals surface area contributed by atoms with Crippen molar-refractivity contribution in [3.8, 4) is 0 Å². The van der Waals surface area contributed by atoms with E-state index in [2.05, 4.69) is 4.98 Å². The summed E-state index contributed by atoms with van der Waals surface area (Å²) in [6.07, 6.45) is 4.39. The molecule has 1 aromatic rings. The zero-order chi connectivity index (χ0) is 14.8. The number of hydrogen-bond donors (Lipinski definition) is 1. The standard InChI is InChI=1S/C12H18N2O4S2/c1-2-5-9-6-3-4-7-14(9)20(17,18)12-10(11(15)16)13-8-19-12/h8-9H,2-7H2,1H3,(H,15,16). The third kappa shape index (κ3) is 2.87. The molecule has 1 aromatic heterocycles. The van der Waals surface area contributed by atoms with Gasteiger partial charge < -0.3 is 5.11 Å². The summed E-state index contributed by atoms with van der Waals surface area (Å²) in [5.41, 5.74) is 0.908. The van der Waals surface area contributed by atoms with E-state index in [0.717, 1.165) is 43.4 Å². The quantitative estimate of drug-likeness (QED) is 0.899. The Morgan fingerprint density at radius 3 is 2.95 bits per heavy atom. The predicted molar refractivity (Wildman–Crippen MR) is 75.5 cm³/mol. The maximum atomic E-state index is 12.7. The van der Waals surface area contributed by atoms with Gasteiger partial charge in [0.1, 0.15) is 0 Å². The molecule has 0 spiro atoms. The van der Waals surface area contributed by atoms with E-state index in [1.54, 1.807) is 0 Å². The molecule has 0 saturated carbocycles. The number of carbonyl (C=O) groups is 1. The van der Waals surface area contributed by atoms with Crippen molar-refractivity contribution in [3.05, 3.63) is 11.2 Å². The summed E-state index contributed by atoms with van der Waals surface area (Å²) in [5, 5.41) is 9.05. The molecule has 0 amide bonds. The van der Waals surface area contributed by atoms with E-state index in [0.29, 0.717) is 6.54 Å². The second kappa shape index (κ2) is 6.19. The average Bonchev–Trinajstić information content (AvgIpc) is 2.89. The number of carboxylic acid groups (broad SMARTS) is 1. The minimum absolute atomic E-state index is 0.0255. The van der Waals surface area contributed by atoms with E-state index in [-0.39, 0.29) is 15.9 Å². The lowest BCUT2D eigenvalue weighted by Crippen LogP contribution is -2.43. The molecule has 0 aliphatic carbocycles. The average molecular weight is 318 g/mol. The molecule has 2 rings (SSSR count). The van der Waals surface area contributed by atoms with Crippen molar-refractivity contribution in [3.63, 3.8) is 0 Å². The molecule has 0 aromatic carbocycles. The minimum atomic E-state index is -3.76. The number of aromatic nitrogens is 1. The Bertz CT molecular complexity index is 580. The topological polar surface area (TPSA) is 87.6 Å². The number of rotatable bonds is 5. The lowest BCUT2D eigenvalue weighted by molar-refractivity contribution is 0.0687. The molecule has 1 aliphatic heterocycles. The van der Waals surface area contributed by atoms with Gasteiger partial charge in [-0.2, -0.15) is 4.31 Å². The van der Waals surface area contributed by atoms with Crippen molar-refractivity contribution in [1.82, 2.24) is 9.29 Å². The Hall–Kier alpha value is -0.990. The minimum Gasteiger partial charge on any atom is -0.476 e. The number of hydrogen-bond acceptors (Lipinski definition) is 5. The monoisotopic (exact) mass is 318 g/mol. The Balaban J connectivity index is 2.37. The van der Waals surface area contributed by atoms with Gasteiger partial charge >= 0.3 is 5.97 Å². The maximum absolute atomic E-state index is 12.7. The molecule has 1 fully saturated rings. The Labute approximate surface area is 122 Å². The number of sulfonamides is 1. The SMILES string of the molecule is CCCC1CCCCN1S(=O)(=O)c1scnc1C(=O)O. The van der Waals surface area contributed by atoms with E-state index in [1.807, 2.05) is 6.92 Å². The summed E-state index contributed by atoms with van der Waals surface area (Å²) in [5.74, 6) is -1.30. The van der Waals surface area contributed by atoms with Crippen LogP contribution in [-0.4, -0.2) is 41.4 Å². The van der Waals surface area contributed by atoms with Gasteiger partial charge in [-0.25, -0.2) is 18.2 Å². The van der Waals surface area contributed by atoms with Gasteiger partial charge in [0.15, 0.2) is 9.90 Å². The molecule has 20 heavy (non-hydrogen) atoms. The molecular weight excluding hydrogens is 300 g/mol. The van der Waals surface area contributed by atoms with Crippen LogP contribution in [0.4, 0.5) is 0 Å². The van der Waals surface area contributed by atoms with Crippen LogP contribution in [0.25, 0.3) is 0 Å². The van der Waals surface area contributed by atoms with Crippen molar-refractivity contribution < 1.29 is 18.3 Å². The molecule has 2 heterocycles. The molecule has 0 radical (unpaired) electrons. The fourth-order valence-electron chi connectivity index (χ4n) is 2.58. The van der Waals surface area contributed by atoms with E-state index in [1.165, 1.54) is 9.82 Å². The molecule has 1 saturated heterocycles. The molecule has 8 heteroatoms. The highest BCUT2D eigenvalue weighted by molar-refractivity contribution is 7.91. The number of piperidine rings is 1. The van der Waals surface area contributed by atoms with Crippen LogP contribution in [0.3, 0.4) is 0 Å². The van der Waals surface area contributed by atoms with Crippen molar-refractivity contribution in [2.75, 3.05) is 6.54 Å². The highest BCUT2D eigenvalue weighted by atomic mass is 32.2. The first kappa shape index (κ1) is 15.4. The van der Waals surface area contributed by atoms with Crippen LogP contribution >= 0.6 is 11.3 Å². The first-order valence-corrected chi connectivity index (χ1v) is 8.99. The summed E-state index contributed by atoms with van der Waals surface area (Å²) >= 11 is 0.877. The molecule has 1 atom stereocenters. The summed E-state index contributed by atoms with van der Waals surface area (Å²) in [6.45, 7) is 2.48. The van der Waals surface area contributed by atoms with Crippen LogP contribution in [-0.2, 0) is 10.0 Å². The highest BCUT2D eigenvalue weighted by Gasteiger charge is 2.36. The first-order chi connectivity index (χ1) is 9.48. The van der Waals surface area contributed by atoms with Crippen LogP contribution in [0.2, 0.25) is 0 Å². The van der Waals surface area contributed by atoms with Crippen molar-refractivity contribution in [1.29, 1.82) is 0 Å². The van der Waals surface area contributed by atoms with Gasteiger partial charge in [0.25, 0.3) is 10.0 Å². The normalized spacial score (nSPS) is 20.9. The Kier molecular flexibility index (Phi) is 4.77. The van der Waals surface area contributed by atoms with E-state index in [9.17, 15) is 13.2 Å². The molecule has 6 nitrogen and oxygen atoms in total. The van der Waals surface area contributed by atoms with Gasteiger partial charge in [0.05, 0.1) is 5.51 Å². The van der Waals surface area contributed by atoms with Crippen LogP contribution in [0.15, 0.2) is 9.72 Å². The van der Waals surface area contributed by atoms with Gasteiger partial charge in [0.2, 0.25) is 0 Å². The van der Waals surface area contributed by atoms with Gasteiger partial charge in [0, 0.05) is 12.6 Å². The first-order valence-electron chi connectivity index (χ1n) is 6.67. The molecular formula is C12H18N2O4S2. The number of nitrogens with zero attached hydrogens (tertiary/aromatic N) is 2. The highest BCUT2D eigenvalue weighted by Crippen LogP contribution is 2.31. The molecule has 0 bridgehead atoms. The maximum Gasteiger partial charge on any atom is 0.356 e. The van der Waals surface area contributed by atoms with E-state index >= 15 is 0 Å². The zero-order valence-electron chi connectivity index (χ0n) is 11.3. The Morgan fingerprint density at radius 1 is 1.55 bits per heavy atom. The lowest BCUT2D eigenvalue weighted by atomic mass is 10.0. The molecule has 1 N–H and O–H groups in total. The van der Waals surface area contributed by atoms with Crippen LogP contribution in [0.1, 0.15) is 49.5 Å². The summed E-state index contributed by atoms with van der Waals surface area (Å²) < 4.78 is 26.7. The Morgan fingerprint density at radius 2 is 2.30 bits per heavy atom. The van der Waals surface area contributed by atoms with Crippen LogP contribution < -0.4 is 0 Å². The van der Waals surface area contributed by atoms with E-state index in [4.69, 9.17) is 5.11 Å². The van der Waals surface area contributed by atoms with Gasteiger partial charge in [-0.1, -0.05) is 19.8 Å². The van der Waals surface area contributed by atoms with Gasteiger partial charge in [-0.05, 0) is 19.3 Å². The molecule has 1 unspecified atom stereocenters. The van der Waals surface area contributed by atoms with Gasteiger partial charge in [-0.15, -0.1) is 11.3 Å². The van der Waals surface area contributed by atoms with Crippen molar-refractivity contribution in [2.24, 2.45) is 0 Å². The van der Waals surface area contributed by atoms with Crippen LogP contribution in [0, 0.1) is 0 Å². The second-order valence-electron chi connectivity index (χ2n) is 4.85. The van der Waals surface area contributed by atoms with Crippen molar-refractivity contribution in [2.45, 2.75) is 49.3 Å². The van der Waals surface area contributed by atoms with Crippen molar-refractivity contribution >= 4 is 27.3 Å². The number of aromatic carboxylic acids is 1. The zero-order valence-corrected chi connectivity index (χ0v) is 12.9. The predicted octanol–water partition coefficient (Wildman–Crippen LogP) is 2.18. The number of thiazole rings is 1. The smallest absolute Gasteiger partial charge is 0.356 e. The van der Waals surface area contributed by atoms with Gasteiger partial charge in [-0.3, -0.25) is 0 Å². The number of carboxylic acids is 1. The van der Waals surface area contributed by atoms with E-state index < -0.39 is 16.0 Å². The summed E-state index contributed by atoms with van der Waals surface area (Å²) in [4.78, 5) is 14.7. The largest absolute Gasteiger partial charge is 0.476 e. The third-order valence-corrected chi connectivity index (χ3v) is 6.77.